The van der Waals surface area contributed by atoms with Crippen LogP contribution in [0.2, 0.25) is 0 Å². The summed E-state index contributed by atoms with van der Waals surface area (Å²) in [4.78, 5) is 0. The van der Waals surface area contributed by atoms with Crippen LogP contribution >= 0.6 is 19.5 Å². The van der Waals surface area contributed by atoms with Gasteiger partial charge >= 0.3 is 7.60 Å². The highest BCUT2D eigenvalue weighted by Crippen LogP contribution is 2.49. The van der Waals surface area contributed by atoms with E-state index < -0.39 is 7.60 Å². The Morgan fingerprint density at radius 2 is 2.00 bits per heavy atom. The highest BCUT2D eigenvalue weighted by atomic mass is 35.5. The Morgan fingerprint density at radius 1 is 1.36 bits per heavy atom. The predicted molar refractivity (Wildman–Crippen MR) is 45.9 cm³/mol. The Kier molecular flexibility index (Phi) is 6.25. The molecule has 0 aliphatic heterocycles. The molecular weight excluding hydrogens is 186 g/mol. The van der Waals surface area contributed by atoms with Gasteiger partial charge in [-0.15, -0.1) is 0 Å². The molecule has 0 aliphatic rings. The molecule has 0 rings (SSSR count). The molecule has 0 heterocycles. The maximum atomic E-state index is 11.4. The first kappa shape index (κ1) is 11.4. The molecule has 0 bridgehead atoms. The van der Waals surface area contributed by atoms with E-state index in [4.69, 9.17) is 16.4 Å². The van der Waals surface area contributed by atoms with Gasteiger partial charge in [-0.2, -0.15) is 4.08 Å². The molecule has 0 radical (unpaired) electrons. The van der Waals surface area contributed by atoms with Gasteiger partial charge < -0.3 is 4.52 Å². The summed E-state index contributed by atoms with van der Waals surface area (Å²) in [6.45, 7) is 4.27. The third kappa shape index (κ3) is 4.81. The fourth-order valence-corrected chi connectivity index (χ4v) is 2.20. The van der Waals surface area contributed by atoms with Crippen molar-refractivity contribution < 1.29 is 13.2 Å². The van der Waals surface area contributed by atoms with E-state index in [0.29, 0.717) is 12.8 Å². The monoisotopic (exact) mass is 200 g/mol. The van der Waals surface area contributed by atoms with Crippen molar-refractivity contribution in [1.29, 1.82) is 0 Å². The smallest absolute Gasteiger partial charge is 0.308 e. The molecule has 0 N–H and O–H groups in total. The van der Waals surface area contributed by atoms with Crippen molar-refractivity contribution in [2.75, 3.05) is 12.8 Å². The second kappa shape index (κ2) is 6.01. The first-order valence-corrected chi connectivity index (χ1v) is 5.76. The summed E-state index contributed by atoms with van der Waals surface area (Å²) >= 11 is 5.04. The molecule has 0 saturated heterocycles. The van der Waals surface area contributed by atoms with Gasteiger partial charge in [0.1, 0.15) is 0 Å². The molecule has 0 aromatic carbocycles. The molecule has 3 nitrogen and oxygen atoms in total. The summed E-state index contributed by atoms with van der Waals surface area (Å²) in [6, 6.07) is 0. The Labute approximate surface area is 72.7 Å². The molecule has 1 unspecified atom stereocenters. The maximum absolute atomic E-state index is 11.4. The Morgan fingerprint density at radius 3 is 2.36 bits per heavy atom. The summed E-state index contributed by atoms with van der Waals surface area (Å²) < 4.78 is 20.6. The van der Waals surface area contributed by atoms with Crippen LogP contribution in [-0.2, 0) is 13.2 Å². The lowest BCUT2D eigenvalue weighted by Gasteiger charge is -2.12. The van der Waals surface area contributed by atoms with E-state index in [0.717, 1.165) is 12.8 Å². The minimum atomic E-state index is -2.95. The molecule has 0 amide bonds. The van der Waals surface area contributed by atoms with E-state index >= 15 is 0 Å². The van der Waals surface area contributed by atoms with Crippen molar-refractivity contribution >= 4 is 19.5 Å². The quantitative estimate of drug-likeness (QED) is 0.618. The zero-order valence-electron chi connectivity index (χ0n) is 6.88. The molecule has 0 aromatic heterocycles. The molecule has 5 heteroatoms. The molecule has 0 aromatic rings. The third-order valence-electron chi connectivity index (χ3n) is 1.09. The number of hydrogen-bond donors (Lipinski definition) is 0. The van der Waals surface area contributed by atoms with E-state index in [-0.39, 0.29) is 0 Å². The van der Waals surface area contributed by atoms with Crippen LogP contribution in [0.3, 0.4) is 0 Å². The van der Waals surface area contributed by atoms with Crippen LogP contribution in [0, 0.1) is 0 Å². The summed E-state index contributed by atoms with van der Waals surface area (Å²) in [7, 11) is -2.95. The van der Waals surface area contributed by atoms with Gasteiger partial charge in [0.15, 0.2) is 0 Å². The van der Waals surface area contributed by atoms with E-state index in [1.54, 1.807) is 0 Å². The highest BCUT2D eigenvalue weighted by Gasteiger charge is 2.22. The van der Waals surface area contributed by atoms with Crippen LogP contribution in [-0.4, -0.2) is 12.8 Å². The van der Waals surface area contributed by atoms with Crippen LogP contribution in [0.15, 0.2) is 0 Å². The zero-order chi connectivity index (χ0) is 8.74. The van der Waals surface area contributed by atoms with Gasteiger partial charge in [-0.3, -0.25) is 4.57 Å². The second-order valence-electron chi connectivity index (χ2n) is 2.24. The van der Waals surface area contributed by atoms with Crippen molar-refractivity contribution in [2.45, 2.75) is 26.7 Å². The van der Waals surface area contributed by atoms with E-state index in [1.165, 1.54) is 0 Å². The molecule has 11 heavy (non-hydrogen) atoms. The first-order chi connectivity index (χ1) is 5.18. The Bertz CT molecular complexity index is 140. The number of rotatable bonds is 6. The summed E-state index contributed by atoms with van der Waals surface area (Å²) in [6.07, 6.45) is 1.94. The minimum Gasteiger partial charge on any atom is -0.308 e. The predicted octanol–water partition coefficient (Wildman–Crippen LogP) is 3.19. The zero-order valence-corrected chi connectivity index (χ0v) is 8.53. The maximum Gasteiger partial charge on any atom is 0.346 e. The van der Waals surface area contributed by atoms with Crippen molar-refractivity contribution in [1.82, 2.24) is 0 Å². The lowest BCUT2D eigenvalue weighted by molar-refractivity contribution is 0.270. The van der Waals surface area contributed by atoms with Gasteiger partial charge in [0, 0.05) is 0 Å². The summed E-state index contributed by atoms with van der Waals surface area (Å²) in [5.74, 6) is 0. The fourth-order valence-electron chi connectivity index (χ4n) is 0.623. The topological polar surface area (TPSA) is 35.5 Å². The lowest BCUT2D eigenvalue weighted by atomic mass is 10.5. The van der Waals surface area contributed by atoms with Gasteiger partial charge in [-0.25, -0.2) is 0 Å². The standard InChI is InChI=1S/C6H14ClO3P/c1-3-5-9-11(8,10-7)6-4-2/h3-6H2,1-2H3. The normalized spacial score (nSPS) is 16.3. The van der Waals surface area contributed by atoms with Crippen LogP contribution in [0.1, 0.15) is 26.7 Å². The Hall–Kier alpha value is 0.440. The molecule has 0 spiro atoms. The van der Waals surface area contributed by atoms with Gasteiger partial charge in [-0.1, -0.05) is 13.8 Å². The molecule has 0 saturated carbocycles. The van der Waals surface area contributed by atoms with Crippen LogP contribution < -0.4 is 0 Å². The van der Waals surface area contributed by atoms with Crippen LogP contribution in [0.4, 0.5) is 0 Å². The van der Waals surface area contributed by atoms with Crippen LogP contribution in [0.25, 0.3) is 0 Å². The number of halogens is 1. The summed E-state index contributed by atoms with van der Waals surface area (Å²) in [5, 5.41) is 0. The van der Waals surface area contributed by atoms with Crippen molar-refractivity contribution in [3.05, 3.63) is 0 Å². The molecule has 0 aliphatic carbocycles. The van der Waals surface area contributed by atoms with Crippen LogP contribution in [0.5, 0.6) is 0 Å². The van der Waals surface area contributed by atoms with Gasteiger partial charge in [-0.05, 0) is 12.8 Å². The molecule has 1 atom stereocenters. The molecule has 0 fully saturated rings. The van der Waals surface area contributed by atoms with Gasteiger partial charge in [0.25, 0.3) is 0 Å². The van der Waals surface area contributed by atoms with Crippen molar-refractivity contribution in [3.63, 3.8) is 0 Å². The van der Waals surface area contributed by atoms with Crippen molar-refractivity contribution in [2.24, 2.45) is 0 Å². The Balaban J connectivity index is 3.79. The van der Waals surface area contributed by atoms with E-state index in [2.05, 4.69) is 4.08 Å². The molecular formula is C6H14ClO3P. The van der Waals surface area contributed by atoms with E-state index in [1.807, 2.05) is 13.8 Å². The largest absolute Gasteiger partial charge is 0.346 e. The number of hydrogen-bond acceptors (Lipinski definition) is 3. The van der Waals surface area contributed by atoms with E-state index in [9.17, 15) is 4.57 Å². The SMILES string of the molecule is CCCOP(=O)(CCC)OCl. The average molecular weight is 201 g/mol. The molecule has 68 valence electrons. The third-order valence-corrected chi connectivity index (χ3v) is 3.51. The fraction of sp³-hybridized carbons (Fsp3) is 1.00. The van der Waals surface area contributed by atoms with Gasteiger partial charge in [0.2, 0.25) is 0 Å². The minimum absolute atomic E-state index is 0.385. The van der Waals surface area contributed by atoms with Crippen molar-refractivity contribution in [3.8, 4) is 0 Å². The first-order valence-electron chi connectivity index (χ1n) is 3.72. The van der Waals surface area contributed by atoms with Gasteiger partial charge in [0.05, 0.1) is 24.6 Å². The second-order valence-corrected chi connectivity index (χ2v) is 4.72. The highest BCUT2D eigenvalue weighted by molar-refractivity contribution is 7.54. The average Bonchev–Trinajstić information content (AvgIpc) is 2.02. The summed E-state index contributed by atoms with van der Waals surface area (Å²) in [5.41, 5.74) is 0. The lowest BCUT2D eigenvalue weighted by Crippen LogP contribution is -1.95.